The molecule has 0 aromatic heterocycles. The molecule has 0 aromatic rings. The minimum absolute atomic E-state index is 0.0660. The highest BCUT2D eigenvalue weighted by atomic mass is 17.1. The average Bonchev–Trinajstić information content (AvgIpc) is 2.46. The van der Waals surface area contributed by atoms with Crippen LogP contribution in [0.5, 0.6) is 0 Å². The van der Waals surface area contributed by atoms with Crippen molar-refractivity contribution >= 4 is 0 Å². The van der Waals surface area contributed by atoms with Crippen LogP contribution in [0, 0.1) is 5.92 Å². The van der Waals surface area contributed by atoms with Gasteiger partial charge in [-0.05, 0) is 18.8 Å². The van der Waals surface area contributed by atoms with E-state index in [4.69, 9.17) is 20.3 Å². The van der Waals surface area contributed by atoms with Crippen molar-refractivity contribution in [3.8, 4) is 0 Å². The predicted octanol–water partition coefficient (Wildman–Crippen LogP) is -0.216. The van der Waals surface area contributed by atoms with Crippen molar-refractivity contribution in [2.24, 2.45) is 5.92 Å². The van der Waals surface area contributed by atoms with Gasteiger partial charge in [0.2, 0.25) is 0 Å². The van der Waals surface area contributed by atoms with Crippen LogP contribution in [-0.4, -0.2) is 46.8 Å². The second-order valence-corrected chi connectivity index (χ2v) is 3.19. The summed E-state index contributed by atoms with van der Waals surface area (Å²) in [6.45, 7) is 0.0660. The van der Waals surface area contributed by atoms with Gasteiger partial charge >= 0.3 is 0 Å². The quantitative estimate of drug-likeness (QED) is 0.536. The maximum atomic E-state index is 8.88. The van der Waals surface area contributed by atoms with Crippen LogP contribution in [0.15, 0.2) is 0 Å². The lowest BCUT2D eigenvalue weighted by molar-refractivity contribution is -0.508. The zero-order valence-electron chi connectivity index (χ0n) is 7.46. The van der Waals surface area contributed by atoms with Crippen LogP contribution in [0.1, 0.15) is 12.8 Å². The summed E-state index contributed by atoms with van der Waals surface area (Å²) in [6.07, 6.45) is 0.633. The molecule has 1 saturated carbocycles. The number of rotatable bonds is 4. The highest BCUT2D eigenvalue weighted by Crippen LogP contribution is 2.29. The molecule has 13 heavy (non-hydrogen) atoms. The first-order valence-electron chi connectivity index (χ1n) is 4.15. The summed E-state index contributed by atoms with van der Waals surface area (Å²) in [5.41, 5.74) is 0. The molecule has 1 aliphatic rings. The van der Waals surface area contributed by atoms with E-state index in [0.717, 1.165) is 0 Å². The van der Waals surface area contributed by atoms with Gasteiger partial charge in [0.15, 0.2) is 0 Å². The monoisotopic (exact) mass is 193 g/mol. The summed E-state index contributed by atoms with van der Waals surface area (Å²) in [5, 5.41) is 25.4. The van der Waals surface area contributed by atoms with Crippen LogP contribution in [0.4, 0.5) is 0 Å². The first-order valence-corrected chi connectivity index (χ1v) is 4.15. The SMILES string of the molecule is COC1CC(CO)CC1ON(O)O. The number of ether oxygens (including phenoxy) is 1. The van der Waals surface area contributed by atoms with E-state index in [1.165, 1.54) is 7.11 Å². The topological polar surface area (TPSA) is 82.4 Å². The minimum atomic E-state index is -0.405. The number of aliphatic hydroxyl groups is 1. The summed E-state index contributed by atoms with van der Waals surface area (Å²) in [5.74, 6) is 0.106. The van der Waals surface area contributed by atoms with E-state index in [2.05, 4.69) is 4.84 Å². The summed E-state index contributed by atoms with van der Waals surface area (Å²) >= 11 is 0. The molecule has 0 saturated heterocycles. The number of aliphatic hydroxyl groups excluding tert-OH is 1. The molecule has 0 bridgehead atoms. The molecular formula is C7H15NO5. The van der Waals surface area contributed by atoms with Gasteiger partial charge in [-0.1, -0.05) is 0 Å². The molecule has 0 radical (unpaired) electrons. The van der Waals surface area contributed by atoms with Crippen molar-refractivity contribution in [2.75, 3.05) is 13.7 Å². The Hall–Kier alpha value is -0.240. The zero-order chi connectivity index (χ0) is 9.84. The fraction of sp³-hybridized carbons (Fsp3) is 1.00. The third-order valence-electron chi connectivity index (χ3n) is 2.34. The zero-order valence-corrected chi connectivity index (χ0v) is 7.46. The van der Waals surface area contributed by atoms with Gasteiger partial charge in [-0.2, -0.15) is 0 Å². The Kier molecular flexibility index (Phi) is 4.04. The van der Waals surface area contributed by atoms with Crippen molar-refractivity contribution in [1.29, 1.82) is 0 Å². The molecule has 6 heteroatoms. The van der Waals surface area contributed by atoms with E-state index in [9.17, 15) is 0 Å². The van der Waals surface area contributed by atoms with E-state index in [1.807, 2.05) is 0 Å². The third-order valence-corrected chi connectivity index (χ3v) is 2.34. The number of nitrogens with zero attached hydrogens (tertiary/aromatic N) is 1. The number of hydrogen-bond donors (Lipinski definition) is 3. The molecule has 0 heterocycles. The molecule has 3 atom stereocenters. The van der Waals surface area contributed by atoms with Gasteiger partial charge in [0.05, 0.1) is 11.5 Å². The molecule has 3 unspecified atom stereocenters. The summed E-state index contributed by atoms with van der Waals surface area (Å²) < 4.78 is 5.07. The second kappa shape index (κ2) is 4.85. The van der Waals surface area contributed by atoms with Crippen LogP contribution in [0.25, 0.3) is 0 Å². The number of methoxy groups -OCH3 is 1. The molecule has 1 rings (SSSR count). The average molecular weight is 193 g/mol. The molecule has 3 N–H and O–H groups in total. The summed E-state index contributed by atoms with van der Waals surface area (Å²) in [7, 11) is 1.53. The summed E-state index contributed by atoms with van der Waals surface area (Å²) in [6, 6.07) is 0. The van der Waals surface area contributed by atoms with Gasteiger partial charge in [-0.25, -0.2) is 4.84 Å². The van der Waals surface area contributed by atoms with E-state index < -0.39 is 6.10 Å². The van der Waals surface area contributed by atoms with Crippen LogP contribution in [-0.2, 0) is 9.57 Å². The van der Waals surface area contributed by atoms with Crippen molar-refractivity contribution < 1.29 is 25.1 Å². The fourth-order valence-electron chi connectivity index (χ4n) is 1.69. The lowest BCUT2D eigenvalue weighted by Crippen LogP contribution is -2.31. The Labute approximate surface area is 76.2 Å². The molecule has 0 aliphatic heterocycles. The smallest absolute Gasteiger partial charge is 0.111 e. The van der Waals surface area contributed by atoms with Gasteiger partial charge in [0.25, 0.3) is 0 Å². The molecule has 0 aromatic carbocycles. The molecule has 6 nitrogen and oxygen atoms in total. The Morgan fingerprint density at radius 2 is 1.92 bits per heavy atom. The Balaban J connectivity index is 2.43. The van der Waals surface area contributed by atoms with E-state index in [1.54, 1.807) is 0 Å². The largest absolute Gasteiger partial charge is 0.396 e. The molecule has 0 spiro atoms. The van der Waals surface area contributed by atoms with Gasteiger partial charge < -0.3 is 9.84 Å². The van der Waals surface area contributed by atoms with Gasteiger partial charge in [0.1, 0.15) is 6.10 Å². The van der Waals surface area contributed by atoms with Crippen LogP contribution in [0.3, 0.4) is 0 Å². The standard InChI is InChI=1S/C7H15NO5/c1-12-6-2-5(4-9)3-7(6)13-8(10)11/h5-7,9-11H,2-4H2,1H3. The Morgan fingerprint density at radius 3 is 2.38 bits per heavy atom. The number of hydrogen-bond acceptors (Lipinski definition) is 6. The third kappa shape index (κ3) is 2.87. The summed E-state index contributed by atoms with van der Waals surface area (Å²) in [4.78, 5) is 4.66. The highest BCUT2D eigenvalue weighted by molar-refractivity contribution is 4.84. The fourth-order valence-corrected chi connectivity index (χ4v) is 1.69. The molecule has 0 amide bonds. The van der Waals surface area contributed by atoms with Crippen LogP contribution < -0.4 is 0 Å². The minimum Gasteiger partial charge on any atom is -0.396 e. The molecular weight excluding hydrogens is 178 g/mol. The maximum absolute atomic E-state index is 8.88. The first kappa shape index (κ1) is 10.8. The molecule has 78 valence electrons. The normalized spacial score (nSPS) is 34.4. The van der Waals surface area contributed by atoms with Crippen molar-refractivity contribution in [1.82, 2.24) is 5.39 Å². The predicted molar refractivity (Wildman–Crippen MR) is 40.9 cm³/mol. The molecule has 1 aliphatic carbocycles. The van der Waals surface area contributed by atoms with Crippen molar-refractivity contribution in [2.45, 2.75) is 25.0 Å². The van der Waals surface area contributed by atoms with E-state index in [-0.39, 0.29) is 24.0 Å². The van der Waals surface area contributed by atoms with Crippen LogP contribution in [0.2, 0.25) is 0 Å². The lowest BCUT2D eigenvalue weighted by atomic mass is 10.1. The van der Waals surface area contributed by atoms with Gasteiger partial charge in [-0.15, -0.1) is 0 Å². The first-order chi connectivity index (χ1) is 6.17. The Bertz CT molecular complexity index is 154. The van der Waals surface area contributed by atoms with Crippen molar-refractivity contribution in [3.05, 3.63) is 0 Å². The molecule has 1 fully saturated rings. The van der Waals surface area contributed by atoms with Gasteiger partial charge in [0, 0.05) is 13.7 Å². The second-order valence-electron chi connectivity index (χ2n) is 3.19. The van der Waals surface area contributed by atoms with E-state index >= 15 is 0 Å². The Morgan fingerprint density at radius 1 is 1.31 bits per heavy atom. The highest BCUT2D eigenvalue weighted by Gasteiger charge is 2.36. The maximum Gasteiger partial charge on any atom is 0.111 e. The van der Waals surface area contributed by atoms with E-state index in [0.29, 0.717) is 12.8 Å². The van der Waals surface area contributed by atoms with Crippen LogP contribution >= 0.6 is 0 Å². The van der Waals surface area contributed by atoms with Crippen molar-refractivity contribution in [3.63, 3.8) is 0 Å². The van der Waals surface area contributed by atoms with Gasteiger partial charge in [-0.3, -0.25) is 10.4 Å². The lowest BCUT2D eigenvalue weighted by Gasteiger charge is -2.18.